The Bertz CT molecular complexity index is 76.0. The van der Waals surface area contributed by atoms with E-state index >= 15 is 0 Å². The molecule has 11 heavy (non-hydrogen) atoms. The molecule has 0 rings (SSSR count). The lowest BCUT2D eigenvalue weighted by Crippen LogP contribution is -1.99. The van der Waals surface area contributed by atoms with Crippen molar-refractivity contribution in [1.82, 2.24) is 0 Å². The van der Waals surface area contributed by atoms with E-state index in [0.717, 1.165) is 12.8 Å². The van der Waals surface area contributed by atoms with E-state index in [0.29, 0.717) is 11.9 Å². The van der Waals surface area contributed by atoms with Gasteiger partial charge in [-0.05, 0) is 19.3 Å². The molecular weight excluding hydrogens is 156 g/mol. The molecule has 0 aliphatic heterocycles. The Morgan fingerprint density at radius 3 is 2.36 bits per heavy atom. The molecule has 0 aromatic rings. The number of hydrogen-bond acceptors (Lipinski definition) is 2. The van der Waals surface area contributed by atoms with E-state index < -0.39 is 0 Å². The minimum absolute atomic E-state index is 0.310. The molecule has 0 bridgehead atoms. The molecule has 0 heterocycles. The zero-order valence-corrected chi connectivity index (χ0v) is 8.32. The van der Waals surface area contributed by atoms with Crippen LogP contribution in [0.1, 0.15) is 45.4 Å². The predicted octanol–water partition coefficient (Wildman–Crippen LogP) is 2.64. The van der Waals surface area contributed by atoms with Crippen LogP contribution < -0.4 is 0 Å². The third-order valence-electron chi connectivity index (χ3n) is 1.84. The maximum atomic E-state index is 8.55. The van der Waals surface area contributed by atoms with Gasteiger partial charge >= 0.3 is 0 Å². The molecule has 1 atom stereocenters. The van der Waals surface area contributed by atoms with Crippen molar-refractivity contribution in [3.63, 3.8) is 0 Å². The highest BCUT2D eigenvalue weighted by Crippen LogP contribution is 2.13. The lowest BCUT2D eigenvalue weighted by molar-refractivity contribution is 0.283. The van der Waals surface area contributed by atoms with Crippen molar-refractivity contribution in [2.45, 2.75) is 50.7 Å². The predicted molar refractivity (Wildman–Crippen MR) is 53.2 cm³/mol. The molecule has 0 aliphatic rings. The van der Waals surface area contributed by atoms with Crippen molar-refractivity contribution in [2.75, 3.05) is 6.61 Å². The SMILES string of the molecule is CCCCCC(S)CCCO. The van der Waals surface area contributed by atoms with Gasteiger partial charge in [0.15, 0.2) is 0 Å². The van der Waals surface area contributed by atoms with E-state index in [2.05, 4.69) is 19.6 Å². The van der Waals surface area contributed by atoms with Crippen molar-refractivity contribution in [3.8, 4) is 0 Å². The second kappa shape index (κ2) is 8.41. The molecule has 68 valence electrons. The van der Waals surface area contributed by atoms with Gasteiger partial charge in [-0.25, -0.2) is 0 Å². The molecule has 1 nitrogen and oxygen atoms in total. The molecule has 0 saturated carbocycles. The summed E-state index contributed by atoms with van der Waals surface area (Å²) in [7, 11) is 0. The summed E-state index contributed by atoms with van der Waals surface area (Å²) < 4.78 is 0. The number of hydrogen-bond donors (Lipinski definition) is 2. The summed E-state index contributed by atoms with van der Waals surface area (Å²) >= 11 is 4.43. The monoisotopic (exact) mass is 176 g/mol. The van der Waals surface area contributed by atoms with Crippen molar-refractivity contribution < 1.29 is 5.11 Å². The number of rotatable bonds is 7. The average Bonchev–Trinajstić information content (AvgIpc) is 2.01. The third-order valence-corrected chi connectivity index (χ3v) is 2.35. The molecule has 0 spiro atoms. The summed E-state index contributed by atoms with van der Waals surface area (Å²) in [6.45, 7) is 2.52. The first-order valence-electron chi connectivity index (χ1n) is 4.60. The van der Waals surface area contributed by atoms with Gasteiger partial charge in [0.25, 0.3) is 0 Å². The van der Waals surface area contributed by atoms with Crippen molar-refractivity contribution in [1.29, 1.82) is 0 Å². The Labute approximate surface area is 75.6 Å². The van der Waals surface area contributed by atoms with E-state index in [9.17, 15) is 0 Å². The molecule has 1 unspecified atom stereocenters. The molecule has 2 heteroatoms. The van der Waals surface area contributed by atoms with Gasteiger partial charge in [-0.3, -0.25) is 0 Å². The Morgan fingerprint density at radius 1 is 1.18 bits per heavy atom. The van der Waals surface area contributed by atoms with Gasteiger partial charge in [-0.1, -0.05) is 26.2 Å². The van der Waals surface area contributed by atoms with Crippen LogP contribution in [0.25, 0.3) is 0 Å². The van der Waals surface area contributed by atoms with Gasteiger partial charge in [-0.15, -0.1) is 0 Å². The fourth-order valence-corrected chi connectivity index (χ4v) is 1.47. The van der Waals surface area contributed by atoms with Gasteiger partial charge in [0.2, 0.25) is 0 Å². The first kappa shape index (κ1) is 11.3. The molecule has 0 amide bonds. The standard InChI is InChI=1S/C9H20OS/c1-2-3-4-6-9(11)7-5-8-10/h9-11H,2-8H2,1H3. The summed E-state index contributed by atoms with van der Waals surface area (Å²) in [5.41, 5.74) is 0. The molecule has 0 fully saturated rings. The molecule has 0 radical (unpaired) electrons. The summed E-state index contributed by atoms with van der Waals surface area (Å²) in [5, 5.41) is 9.06. The maximum Gasteiger partial charge on any atom is 0.0431 e. The highest BCUT2D eigenvalue weighted by molar-refractivity contribution is 7.80. The van der Waals surface area contributed by atoms with E-state index in [4.69, 9.17) is 5.11 Å². The summed E-state index contributed by atoms with van der Waals surface area (Å²) in [5.74, 6) is 0. The first-order chi connectivity index (χ1) is 5.31. The number of thiol groups is 1. The highest BCUT2D eigenvalue weighted by Gasteiger charge is 2.00. The topological polar surface area (TPSA) is 20.2 Å². The highest BCUT2D eigenvalue weighted by atomic mass is 32.1. The number of unbranched alkanes of at least 4 members (excludes halogenated alkanes) is 2. The van der Waals surface area contributed by atoms with Crippen LogP contribution in [0.5, 0.6) is 0 Å². The van der Waals surface area contributed by atoms with Gasteiger partial charge in [0.05, 0.1) is 0 Å². The Morgan fingerprint density at radius 2 is 1.82 bits per heavy atom. The Kier molecular flexibility index (Phi) is 8.64. The van der Waals surface area contributed by atoms with Crippen molar-refractivity contribution >= 4 is 12.6 Å². The minimum atomic E-state index is 0.310. The van der Waals surface area contributed by atoms with Gasteiger partial charge in [0, 0.05) is 11.9 Å². The zero-order chi connectivity index (χ0) is 8.53. The van der Waals surface area contributed by atoms with Gasteiger partial charge < -0.3 is 5.11 Å². The number of aliphatic hydroxyl groups excluding tert-OH is 1. The average molecular weight is 176 g/mol. The molecule has 0 aliphatic carbocycles. The Balaban J connectivity index is 3.02. The van der Waals surface area contributed by atoms with Crippen molar-refractivity contribution in [2.24, 2.45) is 0 Å². The van der Waals surface area contributed by atoms with Crippen LogP contribution >= 0.6 is 12.6 Å². The molecule has 1 N–H and O–H groups in total. The van der Waals surface area contributed by atoms with Gasteiger partial charge in [0.1, 0.15) is 0 Å². The molecular formula is C9H20OS. The fraction of sp³-hybridized carbons (Fsp3) is 1.00. The van der Waals surface area contributed by atoms with Crippen molar-refractivity contribution in [3.05, 3.63) is 0 Å². The first-order valence-corrected chi connectivity index (χ1v) is 5.11. The number of aliphatic hydroxyl groups is 1. The van der Waals surface area contributed by atoms with E-state index in [1.165, 1.54) is 25.7 Å². The van der Waals surface area contributed by atoms with Gasteiger partial charge in [-0.2, -0.15) is 12.6 Å². The summed E-state index contributed by atoms with van der Waals surface area (Å²) in [6.07, 6.45) is 7.05. The fourth-order valence-electron chi connectivity index (χ4n) is 1.10. The molecule has 0 aromatic heterocycles. The normalized spacial score (nSPS) is 13.4. The second-order valence-electron chi connectivity index (χ2n) is 3.02. The lowest BCUT2D eigenvalue weighted by atomic mass is 10.1. The van der Waals surface area contributed by atoms with Crippen LogP contribution in [0.4, 0.5) is 0 Å². The molecule has 0 saturated heterocycles. The minimum Gasteiger partial charge on any atom is -0.396 e. The summed E-state index contributed by atoms with van der Waals surface area (Å²) in [6, 6.07) is 0. The van der Waals surface area contributed by atoms with E-state index in [1.807, 2.05) is 0 Å². The lowest BCUT2D eigenvalue weighted by Gasteiger charge is -2.08. The second-order valence-corrected chi connectivity index (χ2v) is 3.75. The van der Waals surface area contributed by atoms with Crippen LogP contribution in [0, 0.1) is 0 Å². The van der Waals surface area contributed by atoms with Crippen LogP contribution in [0.15, 0.2) is 0 Å². The van der Waals surface area contributed by atoms with Crippen LogP contribution in [-0.2, 0) is 0 Å². The quantitative estimate of drug-likeness (QED) is 0.451. The van der Waals surface area contributed by atoms with Crippen LogP contribution in [-0.4, -0.2) is 17.0 Å². The zero-order valence-electron chi connectivity index (χ0n) is 7.42. The third kappa shape index (κ3) is 8.21. The summed E-state index contributed by atoms with van der Waals surface area (Å²) in [4.78, 5) is 0. The smallest absolute Gasteiger partial charge is 0.0431 e. The Hall–Kier alpha value is 0.310. The van der Waals surface area contributed by atoms with Crippen LogP contribution in [0.3, 0.4) is 0 Å². The van der Waals surface area contributed by atoms with E-state index in [1.54, 1.807) is 0 Å². The van der Waals surface area contributed by atoms with E-state index in [-0.39, 0.29) is 0 Å². The largest absolute Gasteiger partial charge is 0.396 e. The molecule has 0 aromatic carbocycles. The maximum absolute atomic E-state index is 8.55. The van der Waals surface area contributed by atoms with Crippen LogP contribution in [0.2, 0.25) is 0 Å².